The minimum atomic E-state index is -0.363. The molecule has 0 spiro atoms. The van der Waals surface area contributed by atoms with Crippen LogP contribution in [-0.4, -0.2) is 50.0 Å². The maximum atomic E-state index is 13.5. The lowest BCUT2D eigenvalue weighted by Gasteiger charge is -2.23. The molecular formula is C18H27FN4O. The molecule has 1 aromatic carbocycles. The standard InChI is InChI=1S/C18H27FN4O/c1-13-5-6-14(11-15(13)19)16(24)21-8-9-22-17(20-4)23-10-7-18(2,3)12-23/h5-6,11H,7-10,12H2,1-4H3,(H,20,22)(H,21,24). The summed E-state index contributed by atoms with van der Waals surface area (Å²) in [4.78, 5) is 18.6. The average molecular weight is 334 g/mol. The Morgan fingerprint density at radius 2 is 2.04 bits per heavy atom. The van der Waals surface area contributed by atoms with E-state index in [0.29, 0.717) is 29.6 Å². The Hall–Kier alpha value is -2.11. The van der Waals surface area contributed by atoms with Gasteiger partial charge in [0.1, 0.15) is 5.82 Å². The number of amides is 1. The van der Waals surface area contributed by atoms with Gasteiger partial charge in [-0.1, -0.05) is 19.9 Å². The van der Waals surface area contributed by atoms with E-state index in [2.05, 4.69) is 34.4 Å². The number of aliphatic imine (C=N–C) groups is 1. The molecule has 2 N–H and O–H groups in total. The molecule has 2 rings (SSSR count). The number of nitrogens with one attached hydrogen (secondary N) is 2. The van der Waals surface area contributed by atoms with Gasteiger partial charge in [-0.2, -0.15) is 0 Å². The van der Waals surface area contributed by atoms with Gasteiger partial charge in [-0.3, -0.25) is 9.79 Å². The van der Waals surface area contributed by atoms with Crippen LogP contribution in [0.25, 0.3) is 0 Å². The van der Waals surface area contributed by atoms with Gasteiger partial charge in [0.05, 0.1) is 0 Å². The maximum Gasteiger partial charge on any atom is 0.251 e. The lowest BCUT2D eigenvalue weighted by Crippen LogP contribution is -2.43. The van der Waals surface area contributed by atoms with Crippen molar-refractivity contribution in [2.24, 2.45) is 10.4 Å². The van der Waals surface area contributed by atoms with Crippen LogP contribution in [0.3, 0.4) is 0 Å². The van der Waals surface area contributed by atoms with E-state index in [1.165, 1.54) is 6.07 Å². The monoisotopic (exact) mass is 334 g/mol. The molecule has 1 fully saturated rings. The van der Waals surface area contributed by atoms with Crippen LogP contribution in [-0.2, 0) is 0 Å². The summed E-state index contributed by atoms with van der Waals surface area (Å²) in [5.74, 6) is 0.224. The van der Waals surface area contributed by atoms with Crippen LogP contribution in [0, 0.1) is 18.2 Å². The van der Waals surface area contributed by atoms with E-state index < -0.39 is 0 Å². The second kappa shape index (κ2) is 7.64. The largest absolute Gasteiger partial charge is 0.354 e. The zero-order chi connectivity index (χ0) is 17.7. The molecule has 5 nitrogen and oxygen atoms in total. The van der Waals surface area contributed by atoms with Gasteiger partial charge < -0.3 is 15.5 Å². The molecule has 6 heteroatoms. The minimum Gasteiger partial charge on any atom is -0.354 e. The first kappa shape index (κ1) is 18.2. The molecule has 0 radical (unpaired) electrons. The average Bonchev–Trinajstić information content (AvgIpc) is 2.89. The SMILES string of the molecule is CN=C(NCCNC(=O)c1ccc(C)c(F)c1)N1CCC(C)(C)C1. The quantitative estimate of drug-likeness (QED) is 0.504. The molecule has 1 aromatic rings. The molecular weight excluding hydrogens is 307 g/mol. The zero-order valence-electron chi connectivity index (χ0n) is 14.9. The summed E-state index contributed by atoms with van der Waals surface area (Å²) in [6.45, 7) is 9.16. The molecule has 132 valence electrons. The Morgan fingerprint density at radius 3 is 2.62 bits per heavy atom. The van der Waals surface area contributed by atoms with E-state index in [9.17, 15) is 9.18 Å². The van der Waals surface area contributed by atoms with Gasteiger partial charge in [0, 0.05) is 38.8 Å². The number of carbonyl (C=O) groups is 1. The fourth-order valence-corrected chi connectivity index (χ4v) is 2.81. The number of rotatable bonds is 4. The molecule has 0 aromatic heterocycles. The molecule has 1 heterocycles. The molecule has 0 saturated carbocycles. The molecule has 0 unspecified atom stereocenters. The van der Waals surface area contributed by atoms with Crippen molar-refractivity contribution in [2.75, 3.05) is 33.2 Å². The lowest BCUT2D eigenvalue weighted by atomic mass is 9.93. The summed E-state index contributed by atoms with van der Waals surface area (Å²) in [7, 11) is 1.77. The van der Waals surface area contributed by atoms with Crippen molar-refractivity contribution >= 4 is 11.9 Å². The Kier molecular flexibility index (Phi) is 5.80. The number of likely N-dealkylation sites (tertiary alicyclic amines) is 1. The highest BCUT2D eigenvalue weighted by Gasteiger charge is 2.30. The van der Waals surface area contributed by atoms with Crippen LogP contribution in [0.1, 0.15) is 36.2 Å². The van der Waals surface area contributed by atoms with Crippen molar-refractivity contribution in [3.8, 4) is 0 Å². The van der Waals surface area contributed by atoms with Gasteiger partial charge in [0.25, 0.3) is 5.91 Å². The number of halogens is 1. The summed E-state index contributed by atoms with van der Waals surface area (Å²) in [6, 6.07) is 4.51. The second-order valence-electron chi connectivity index (χ2n) is 7.03. The van der Waals surface area contributed by atoms with Crippen molar-refractivity contribution in [1.82, 2.24) is 15.5 Å². The fraction of sp³-hybridized carbons (Fsp3) is 0.556. The predicted octanol–water partition coefficient (Wildman–Crippen LogP) is 2.17. The molecule has 0 bridgehead atoms. The van der Waals surface area contributed by atoms with E-state index in [-0.39, 0.29) is 11.7 Å². The van der Waals surface area contributed by atoms with E-state index in [4.69, 9.17) is 0 Å². The number of hydrogen-bond donors (Lipinski definition) is 2. The van der Waals surface area contributed by atoms with Gasteiger partial charge in [-0.25, -0.2) is 4.39 Å². The Labute approximate surface area is 143 Å². The summed E-state index contributed by atoms with van der Waals surface area (Å²) in [6.07, 6.45) is 1.14. The molecule has 0 atom stereocenters. The highest BCUT2D eigenvalue weighted by Crippen LogP contribution is 2.28. The van der Waals surface area contributed by atoms with Crippen LogP contribution in [0.15, 0.2) is 23.2 Å². The Balaban J connectivity index is 1.77. The van der Waals surface area contributed by atoms with Crippen LogP contribution >= 0.6 is 0 Å². The normalized spacial score (nSPS) is 17.0. The zero-order valence-corrected chi connectivity index (χ0v) is 14.9. The highest BCUT2D eigenvalue weighted by atomic mass is 19.1. The van der Waals surface area contributed by atoms with Gasteiger partial charge in [-0.15, -0.1) is 0 Å². The highest BCUT2D eigenvalue weighted by molar-refractivity contribution is 5.94. The first-order valence-electron chi connectivity index (χ1n) is 8.32. The van der Waals surface area contributed by atoms with Crippen LogP contribution < -0.4 is 10.6 Å². The van der Waals surface area contributed by atoms with E-state index in [0.717, 1.165) is 25.5 Å². The number of carbonyl (C=O) groups excluding carboxylic acids is 1. The number of aryl methyl sites for hydroxylation is 1. The third-order valence-electron chi connectivity index (χ3n) is 4.32. The summed E-state index contributed by atoms with van der Waals surface area (Å²) >= 11 is 0. The number of benzene rings is 1. The van der Waals surface area contributed by atoms with Gasteiger partial charge in [-0.05, 0) is 36.5 Å². The minimum absolute atomic E-state index is 0.270. The van der Waals surface area contributed by atoms with Crippen LogP contribution in [0.5, 0.6) is 0 Å². The van der Waals surface area contributed by atoms with Crippen molar-refractivity contribution < 1.29 is 9.18 Å². The number of nitrogens with zero attached hydrogens (tertiary/aromatic N) is 2. The molecule has 1 saturated heterocycles. The molecule has 24 heavy (non-hydrogen) atoms. The number of hydrogen-bond acceptors (Lipinski definition) is 2. The van der Waals surface area contributed by atoms with E-state index in [1.54, 1.807) is 26.1 Å². The molecule has 1 aliphatic heterocycles. The first-order valence-corrected chi connectivity index (χ1v) is 8.32. The Bertz CT molecular complexity index is 627. The van der Waals surface area contributed by atoms with Crippen LogP contribution in [0.4, 0.5) is 4.39 Å². The topological polar surface area (TPSA) is 56.7 Å². The maximum absolute atomic E-state index is 13.5. The molecule has 1 amide bonds. The molecule has 0 aliphatic carbocycles. The van der Waals surface area contributed by atoms with E-state index >= 15 is 0 Å². The third kappa shape index (κ3) is 4.69. The van der Waals surface area contributed by atoms with Gasteiger partial charge in [0.15, 0.2) is 5.96 Å². The van der Waals surface area contributed by atoms with E-state index in [1.807, 2.05) is 0 Å². The van der Waals surface area contributed by atoms with Gasteiger partial charge >= 0.3 is 0 Å². The van der Waals surface area contributed by atoms with Crippen molar-refractivity contribution in [1.29, 1.82) is 0 Å². The summed E-state index contributed by atoms with van der Waals surface area (Å²) in [5.41, 5.74) is 1.18. The summed E-state index contributed by atoms with van der Waals surface area (Å²) in [5, 5.41) is 6.05. The lowest BCUT2D eigenvalue weighted by molar-refractivity contribution is 0.0954. The smallest absolute Gasteiger partial charge is 0.251 e. The predicted molar refractivity (Wildman–Crippen MR) is 94.8 cm³/mol. The fourth-order valence-electron chi connectivity index (χ4n) is 2.81. The van der Waals surface area contributed by atoms with Crippen molar-refractivity contribution in [3.63, 3.8) is 0 Å². The second-order valence-corrected chi connectivity index (χ2v) is 7.03. The third-order valence-corrected chi connectivity index (χ3v) is 4.32. The number of guanidine groups is 1. The molecule has 1 aliphatic rings. The van der Waals surface area contributed by atoms with Gasteiger partial charge in [0.2, 0.25) is 0 Å². The van der Waals surface area contributed by atoms with Crippen molar-refractivity contribution in [2.45, 2.75) is 27.2 Å². The van der Waals surface area contributed by atoms with Crippen LogP contribution in [0.2, 0.25) is 0 Å². The van der Waals surface area contributed by atoms with Crippen molar-refractivity contribution in [3.05, 3.63) is 35.1 Å². The first-order chi connectivity index (χ1) is 11.3. The summed E-state index contributed by atoms with van der Waals surface area (Å²) < 4.78 is 13.5. The Morgan fingerprint density at radius 1 is 1.33 bits per heavy atom.